The molecule has 0 aliphatic heterocycles. The van der Waals surface area contributed by atoms with Crippen LogP contribution in [0, 0.1) is 13.8 Å². The molecule has 4 heteroatoms. The predicted octanol–water partition coefficient (Wildman–Crippen LogP) is 3.71. The molecule has 1 aromatic heterocycles. The molecule has 20 heavy (non-hydrogen) atoms. The van der Waals surface area contributed by atoms with Gasteiger partial charge in [0.25, 0.3) is 0 Å². The van der Waals surface area contributed by atoms with Crippen molar-refractivity contribution in [2.75, 3.05) is 6.54 Å². The number of aryl methyl sites for hydroxylation is 2. The summed E-state index contributed by atoms with van der Waals surface area (Å²) in [5.41, 5.74) is 1.30. The summed E-state index contributed by atoms with van der Waals surface area (Å²) in [5, 5.41) is 6.38. The van der Waals surface area contributed by atoms with E-state index in [9.17, 15) is 4.79 Å². The van der Waals surface area contributed by atoms with Crippen molar-refractivity contribution in [1.29, 1.82) is 0 Å². The number of unbranched alkanes of at least 4 members (excludes halogenated alkanes) is 2. The molecule has 0 saturated heterocycles. The molecule has 1 amide bonds. The van der Waals surface area contributed by atoms with Gasteiger partial charge in [-0.1, -0.05) is 19.8 Å². The lowest BCUT2D eigenvalue weighted by atomic mass is 10.1. The predicted molar refractivity (Wildman–Crippen MR) is 87.3 cm³/mol. The van der Waals surface area contributed by atoms with Crippen molar-refractivity contribution >= 4 is 17.2 Å². The average molecular weight is 296 g/mol. The van der Waals surface area contributed by atoms with Gasteiger partial charge in [0.15, 0.2) is 0 Å². The summed E-state index contributed by atoms with van der Waals surface area (Å²) in [6, 6.07) is 2.26. The normalized spacial score (nSPS) is 14.1. The van der Waals surface area contributed by atoms with Crippen molar-refractivity contribution in [2.24, 2.45) is 0 Å². The molecule has 0 bridgehead atoms. The Morgan fingerprint density at radius 3 is 2.55 bits per heavy atom. The number of amides is 1. The molecule has 0 aromatic carbocycles. The van der Waals surface area contributed by atoms with Gasteiger partial charge in [0.2, 0.25) is 5.91 Å². The number of carbonyl (C=O) groups is 1. The lowest BCUT2D eigenvalue weighted by Gasteiger charge is -2.20. The molecular weight excluding hydrogens is 268 g/mol. The van der Waals surface area contributed by atoms with E-state index >= 15 is 0 Å². The second kappa shape index (κ2) is 8.42. The van der Waals surface area contributed by atoms with Gasteiger partial charge < -0.3 is 5.32 Å². The number of nitrogens with one attached hydrogen (secondary N) is 2. The standard InChI is InChI=1S/C16H28N2OS/c1-6-7-8-9-17-16(19)13(4)18-12(3)15-10-11(2)20-14(15)5/h10,12-13,18H,6-9H2,1-5H3,(H,17,19). The van der Waals surface area contributed by atoms with Crippen LogP contribution in [0.15, 0.2) is 6.07 Å². The fourth-order valence-electron chi connectivity index (χ4n) is 2.36. The minimum absolute atomic E-state index is 0.0950. The molecule has 2 N–H and O–H groups in total. The number of hydrogen-bond donors (Lipinski definition) is 2. The van der Waals surface area contributed by atoms with Gasteiger partial charge in [-0.15, -0.1) is 11.3 Å². The largest absolute Gasteiger partial charge is 0.355 e. The van der Waals surface area contributed by atoms with Gasteiger partial charge in [-0.3, -0.25) is 10.1 Å². The highest BCUT2D eigenvalue weighted by molar-refractivity contribution is 7.12. The molecule has 0 aliphatic carbocycles. The summed E-state index contributed by atoms with van der Waals surface area (Å²) in [4.78, 5) is 14.6. The van der Waals surface area contributed by atoms with Crippen LogP contribution < -0.4 is 10.6 Å². The molecule has 114 valence electrons. The summed E-state index contributed by atoms with van der Waals surface area (Å²) >= 11 is 1.81. The van der Waals surface area contributed by atoms with Crippen LogP contribution in [0.2, 0.25) is 0 Å². The minimum atomic E-state index is -0.161. The number of hydrogen-bond acceptors (Lipinski definition) is 3. The molecule has 1 rings (SSSR count). The Balaban J connectivity index is 2.42. The SMILES string of the molecule is CCCCCNC(=O)C(C)NC(C)c1cc(C)sc1C. The van der Waals surface area contributed by atoms with Crippen LogP contribution in [0.1, 0.15) is 61.4 Å². The highest BCUT2D eigenvalue weighted by Gasteiger charge is 2.17. The molecule has 0 radical (unpaired) electrons. The summed E-state index contributed by atoms with van der Waals surface area (Å²) in [7, 11) is 0. The molecule has 1 aromatic rings. The molecule has 2 atom stereocenters. The zero-order valence-electron chi connectivity index (χ0n) is 13.4. The third kappa shape index (κ3) is 5.25. The van der Waals surface area contributed by atoms with E-state index in [1.54, 1.807) is 0 Å². The van der Waals surface area contributed by atoms with E-state index in [4.69, 9.17) is 0 Å². The van der Waals surface area contributed by atoms with Crippen molar-refractivity contribution in [3.63, 3.8) is 0 Å². The first-order chi connectivity index (χ1) is 9.45. The zero-order chi connectivity index (χ0) is 15.1. The lowest BCUT2D eigenvalue weighted by Crippen LogP contribution is -2.43. The summed E-state index contributed by atoms with van der Waals surface area (Å²) in [6.45, 7) is 11.3. The first-order valence-corrected chi connectivity index (χ1v) is 8.38. The maximum absolute atomic E-state index is 12.0. The summed E-state index contributed by atoms with van der Waals surface area (Å²) in [6.07, 6.45) is 3.41. The molecule has 3 nitrogen and oxygen atoms in total. The van der Waals surface area contributed by atoms with Gasteiger partial charge in [-0.05, 0) is 45.7 Å². The van der Waals surface area contributed by atoms with Crippen molar-refractivity contribution in [3.05, 3.63) is 21.4 Å². The van der Waals surface area contributed by atoms with Crippen molar-refractivity contribution < 1.29 is 4.79 Å². The van der Waals surface area contributed by atoms with E-state index in [2.05, 4.69) is 44.4 Å². The fourth-order valence-corrected chi connectivity index (χ4v) is 3.38. The number of rotatable bonds is 8. The van der Waals surface area contributed by atoms with Gasteiger partial charge in [-0.25, -0.2) is 0 Å². The molecule has 0 aliphatic rings. The second-order valence-electron chi connectivity index (χ2n) is 5.48. The van der Waals surface area contributed by atoms with E-state index < -0.39 is 0 Å². The van der Waals surface area contributed by atoms with Crippen LogP contribution in [0.4, 0.5) is 0 Å². The summed E-state index contributed by atoms with van der Waals surface area (Å²) in [5.74, 6) is 0.0950. The van der Waals surface area contributed by atoms with Crippen LogP contribution in [0.5, 0.6) is 0 Å². The molecule has 0 fully saturated rings. The van der Waals surface area contributed by atoms with E-state index in [-0.39, 0.29) is 18.0 Å². The molecule has 0 saturated carbocycles. The van der Waals surface area contributed by atoms with Gasteiger partial charge in [0.1, 0.15) is 0 Å². The molecule has 1 heterocycles. The molecule has 0 spiro atoms. The third-order valence-electron chi connectivity index (χ3n) is 3.52. The Labute approximate surface area is 127 Å². The summed E-state index contributed by atoms with van der Waals surface area (Å²) < 4.78 is 0. The van der Waals surface area contributed by atoms with Crippen molar-refractivity contribution in [1.82, 2.24) is 10.6 Å². The molecular formula is C16H28N2OS. The smallest absolute Gasteiger partial charge is 0.236 e. The Hall–Kier alpha value is -0.870. The van der Waals surface area contributed by atoms with Crippen LogP contribution >= 0.6 is 11.3 Å². The maximum atomic E-state index is 12.0. The van der Waals surface area contributed by atoms with E-state index in [1.807, 2.05) is 18.3 Å². The van der Waals surface area contributed by atoms with E-state index in [0.29, 0.717) is 0 Å². The topological polar surface area (TPSA) is 41.1 Å². The van der Waals surface area contributed by atoms with Crippen LogP contribution in [-0.4, -0.2) is 18.5 Å². The maximum Gasteiger partial charge on any atom is 0.236 e. The monoisotopic (exact) mass is 296 g/mol. The lowest BCUT2D eigenvalue weighted by molar-refractivity contribution is -0.122. The minimum Gasteiger partial charge on any atom is -0.355 e. The molecule has 2 unspecified atom stereocenters. The van der Waals surface area contributed by atoms with E-state index in [0.717, 1.165) is 13.0 Å². The quantitative estimate of drug-likeness (QED) is 0.718. The Morgan fingerprint density at radius 1 is 1.30 bits per heavy atom. The van der Waals surface area contributed by atoms with Crippen LogP contribution in [0.25, 0.3) is 0 Å². The number of thiophene rings is 1. The Bertz CT molecular complexity index is 428. The van der Waals surface area contributed by atoms with Crippen LogP contribution in [0.3, 0.4) is 0 Å². The number of carbonyl (C=O) groups excluding carboxylic acids is 1. The van der Waals surface area contributed by atoms with Gasteiger partial charge in [-0.2, -0.15) is 0 Å². The van der Waals surface area contributed by atoms with Gasteiger partial charge in [0.05, 0.1) is 6.04 Å². The fraction of sp³-hybridized carbons (Fsp3) is 0.688. The van der Waals surface area contributed by atoms with E-state index in [1.165, 1.54) is 28.2 Å². The first kappa shape index (κ1) is 17.2. The van der Waals surface area contributed by atoms with Crippen LogP contribution in [-0.2, 0) is 4.79 Å². The Morgan fingerprint density at radius 2 is 2.00 bits per heavy atom. The van der Waals surface area contributed by atoms with Crippen molar-refractivity contribution in [3.8, 4) is 0 Å². The Kier molecular flexibility index (Phi) is 7.24. The zero-order valence-corrected chi connectivity index (χ0v) is 14.2. The highest BCUT2D eigenvalue weighted by atomic mass is 32.1. The van der Waals surface area contributed by atoms with Gasteiger partial charge >= 0.3 is 0 Å². The van der Waals surface area contributed by atoms with Crippen molar-refractivity contribution in [2.45, 2.75) is 66.0 Å². The van der Waals surface area contributed by atoms with Gasteiger partial charge in [0, 0.05) is 22.3 Å². The first-order valence-electron chi connectivity index (χ1n) is 7.56. The average Bonchev–Trinajstić information content (AvgIpc) is 2.73. The highest BCUT2D eigenvalue weighted by Crippen LogP contribution is 2.26. The second-order valence-corrected chi connectivity index (χ2v) is 6.94. The third-order valence-corrected chi connectivity index (χ3v) is 4.50.